The average molecular weight is 337 g/mol. The maximum Gasteiger partial charge on any atom is 0.173 e. The predicted octanol–water partition coefficient (Wildman–Crippen LogP) is 3.44. The molecule has 0 saturated heterocycles. The van der Waals surface area contributed by atoms with Crippen molar-refractivity contribution in [1.82, 2.24) is 5.43 Å². The fourth-order valence-electron chi connectivity index (χ4n) is 1.73. The van der Waals surface area contributed by atoms with Crippen LogP contribution in [0.1, 0.15) is 38.3 Å². The van der Waals surface area contributed by atoms with Gasteiger partial charge in [0.25, 0.3) is 0 Å². The monoisotopic (exact) mass is 336 g/mol. The largest absolute Gasteiger partial charge is 0.379 e. The van der Waals surface area contributed by atoms with Crippen molar-refractivity contribution in [2.75, 3.05) is 7.11 Å². The standard InChI is InChI=1S/C13H19BrF2N2O/c1-13(2,19-3)7-6-10(18-17)8-4-5-9(15)12(16)11(8)14/h4-5,10,18H,6-7,17H2,1-3H3. The Labute approximate surface area is 120 Å². The number of hydrogen-bond acceptors (Lipinski definition) is 3. The second-order valence-electron chi connectivity index (χ2n) is 4.99. The van der Waals surface area contributed by atoms with E-state index in [1.807, 2.05) is 13.8 Å². The van der Waals surface area contributed by atoms with Crippen LogP contribution in [0.2, 0.25) is 0 Å². The Balaban J connectivity index is 2.89. The summed E-state index contributed by atoms with van der Waals surface area (Å²) in [6.07, 6.45) is 1.37. The molecule has 0 aromatic heterocycles. The summed E-state index contributed by atoms with van der Waals surface area (Å²) in [7, 11) is 1.64. The molecule has 6 heteroatoms. The van der Waals surface area contributed by atoms with Gasteiger partial charge in [-0.05, 0) is 54.2 Å². The van der Waals surface area contributed by atoms with E-state index in [-0.39, 0.29) is 16.1 Å². The van der Waals surface area contributed by atoms with Gasteiger partial charge in [-0.25, -0.2) is 8.78 Å². The third kappa shape index (κ3) is 4.21. The molecule has 1 aromatic rings. The highest BCUT2D eigenvalue weighted by molar-refractivity contribution is 9.10. The van der Waals surface area contributed by atoms with Crippen LogP contribution >= 0.6 is 15.9 Å². The molecule has 0 amide bonds. The van der Waals surface area contributed by atoms with Crippen LogP contribution in [0.4, 0.5) is 8.78 Å². The lowest BCUT2D eigenvalue weighted by atomic mass is 9.95. The summed E-state index contributed by atoms with van der Waals surface area (Å²) >= 11 is 3.07. The van der Waals surface area contributed by atoms with Gasteiger partial charge in [-0.1, -0.05) is 6.07 Å². The van der Waals surface area contributed by atoms with Gasteiger partial charge >= 0.3 is 0 Å². The summed E-state index contributed by atoms with van der Waals surface area (Å²) in [5.41, 5.74) is 2.93. The van der Waals surface area contributed by atoms with Crippen molar-refractivity contribution < 1.29 is 13.5 Å². The molecule has 0 aliphatic rings. The summed E-state index contributed by atoms with van der Waals surface area (Å²) < 4.78 is 32.0. The van der Waals surface area contributed by atoms with Crippen molar-refractivity contribution in [2.24, 2.45) is 5.84 Å². The zero-order valence-electron chi connectivity index (χ0n) is 11.3. The molecule has 1 aromatic carbocycles. The van der Waals surface area contributed by atoms with Crippen LogP contribution in [0.3, 0.4) is 0 Å². The number of halogens is 3. The number of nitrogens with one attached hydrogen (secondary N) is 1. The van der Waals surface area contributed by atoms with Crippen LogP contribution < -0.4 is 11.3 Å². The normalized spacial score (nSPS) is 13.6. The minimum absolute atomic E-state index is 0.102. The lowest BCUT2D eigenvalue weighted by Gasteiger charge is -2.26. The number of methoxy groups -OCH3 is 1. The van der Waals surface area contributed by atoms with Crippen molar-refractivity contribution in [3.8, 4) is 0 Å². The van der Waals surface area contributed by atoms with Gasteiger partial charge in [-0.3, -0.25) is 11.3 Å². The Morgan fingerprint density at radius 3 is 2.58 bits per heavy atom. The molecule has 0 radical (unpaired) electrons. The second-order valence-corrected chi connectivity index (χ2v) is 5.78. The van der Waals surface area contributed by atoms with E-state index in [0.29, 0.717) is 12.0 Å². The van der Waals surface area contributed by atoms with Crippen LogP contribution in [0, 0.1) is 11.6 Å². The van der Waals surface area contributed by atoms with Crippen LogP contribution in [0.15, 0.2) is 16.6 Å². The molecule has 0 aliphatic heterocycles. The molecule has 19 heavy (non-hydrogen) atoms. The maximum atomic E-state index is 13.5. The molecule has 1 rings (SSSR count). The fraction of sp³-hybridized carbons (Fsp3) is 0.538. The third-order valence-electron chi connectivity index (χ3n) is 3.23. The molecule has 0 heterocycles. The van der Waals surface area contributed by atoms with Crippen LogP contribution in [0.25, 0.3) is 0 Å². The molecule has 3 nitrogen and oxygen atoms in total. The Morgan fingerprint density at radius 1 is 1.42 bits per heavy atom. The average Bonchev–Trinajstić information content (AvgIpc) is 2.39. The smallest absolute Gasteiger partial charge is 0.173 e. The van der Waals surface area contributed by atoms with Crippen molar-refractivity contribution >= 4 is 15.9 Å². The third-order valence-corrected chi connectivity index (χ3v) is 4.04. The highest BCUT2D eigenvalue weighted by atomic mass is 79.9. The van der Waals surface area contributed by atoms with E-state index in [2.05, 4.69) is 21.4 Å². The SMILES string of the molecule is COC(C)(C)CCC(NN)c1ccc(F)c(F)c1Br. The number of rotatable bonds is 6. The molecule has 108 valence electrons. The molecule has 1 unspecified atom stereocenters. The van der Waals surface area contributed by atoms with E-state index in [1.165, 1.54) is 6.07 Å². The second kappa shape index (κ2) is 6.74. The maximum absolute atomic E-state index is 13.5. The van der Waals surface area contributed by atoms with E-state index >= 15 is 0 Å². The Bertz CT molecular complexity index is 441. The molecular weight excluding hydrogens is 318 g/mol. The summed E-state index contributed by atoms with van der Waals surface area (Å²) in [6.45, 7) is 3.92. The van der Waals surface area contributed by atoms with E-state index in [0.717, 1.165) is 12.5 Å². The van der Waals surface area contributed by atoms with Gasteiger partial charge < -0.3 is 4.74 Å². The quantitative estimate of drug-likeness (QED) is 0.475. The van der Waals surface area contributed by atoms with E-state index in [9.17, 15) is 8.78 Å². The Hall–Kier alpha value is -0.560. The number of hydrazine groups is 1. The molecule has 3 N–H and O–H groups in total. The van der Waals surface area contributed by atoms with Gasteiger partial charge in [-0.2, -0.15) is 0 Å². The first-order chi connectivity index (χ1) is 8.82. The zero-order valence-corrected chi connectivity index (χ0v) is 12.9. The number of benzene rings is 1. The summed E-state index contributed by atoms with van der Waals surface area (Å²) in [5.74, 6) is 3.72. The van der Waals surface area contributed by atoms with Crippen LogP contribution in [-0.4, -0.2) is 12.7 Å². The van der Waals surface area contributed by atoms with Crippen LogP contribution in [0.5, 0.6) is 0 Å². The van der Waals surface area contributed by atoms with Gasteiger partial charge in [0.15, 0.2) is 11.6 Å². The molecule has 0 saturated carbocycles. The van der Waals surface area contributed by atoms with Gasteiger partial charge in [0.05, 0.1) is 10.1 Å². The summed E-state index contributed by atoms with van der Waals surface area (Å²) in [5, 5.41) is 0. The molecular formula is C13H19BrF2N2O. The number of hydrogen-bond donors (Lipinski definition) is 2. The van der Waals surface area contributed by atoms with E-state index < -0.39 is 11.6 Å². The van der Waals surface area contributed by atoms with Crippen molar-refractivity contribution in [2.45, 2.75) is 38.3 Å². The van der Waals surface area contributed by atoms with Gasteiger partial charge in [-0.15, -0.1) is 0 Å². The molecule has 0 spiro atoms. The first-order valence-electron chi connectivity index (χ1n) is 5.97. The Kier molecular flexibility index (Phi) is 5.85. The predicted molar refractivity (Wildman–Crippen MR) is 74.4 cm³/mol. The molecule has 0 aliphatic carbocycles. The minimum Gasteiger partial charge on any atom is -0.379 e. The first-order valence-corrected chi connectivity index (χ1v) is 6.76. The van der Waals surface area contributed by atoms with Crippen molar-refractivity contribution in [3.05, 3.63) is 33.8 Å². The van der Waals surface area contributed by atoms with E-state index in [4.69, 9.17) is 10.6 Å². The number of ether oxygens (including phenoxy) is 1. The van der Waals surface area contributed by atoms with Crippen molar-refractivity contribution in [1.29, 1.82) is 0 Å². The molecule has 0 bridgehead atoms. The fourth-order valence-corrected chi connectivity index (χ4v) is 2.33. The lowest BCUT2D eigenvalue weighted by Crippen LogP contribution is -2.31. The van der Waals surface area contributed by atoms with E-state index in [1.54, 1.807) is 7.11 Å². The summed E-state index contributed by atoms with van der Waals surface area (Å²) in [4.78, 5) is 0. The Morgan fingerprint density at radius 2 is 2.05 bits per heavy atom. The number of nitrogens with two attached hydrogens (primary N) is 1. The van der Waals surface area contributed by atoms with Gasteiger partial charge in [0.1, 0.15) is 0 Å². The lowest BCUT2D eigenvalue weighted by molar-refractivity contribution is 0.0116. The van der Waals surface area contributed by atoms with Gasteiger partial charge in [0.2, 0.25) is 0 Å². The van der Waals surface area contributed by atoms with Crippen LogP contribution in [-0.2, 0) is 4.74 Å². The highest BCUT2D eigenvalue weighted by Gasteiger charge is 2.22. The highest BCUT2D eigenvalue weighted by Crippen LogP contribution is 2.31. The van der Waals surface area contributed by atoms with Crippen molar-refractivity contribution in [3.63, 3.8) is 0 Å². The minimum atomic E-state index is -0.899. The topological polar surface area (TPSA) is 47.3 Å². The van der Waals surface area contributed by atoms with Gasteiger partial charge in [0, 0.05) is 13.2 Å². The zero-order chi connectivity index (χ0) is 14.6. The summed E-state index contributed by atoms with van der Waals surface area (Å²) in [6, 6.07) is 2.34. The molecule has 0 fully saturated rings. The molecule has 1 atom stereocenters. The first kappa shape index (κ1) is 16.5.